The van der Waals surface area contributed by atoms with E-state index in [-0.39, 0.29) is 29.3 Å². The Morgan fingerprint density at radius 3 is 2.50 bits per heavy atom. The average molecular weight is 486 g/mol. The fourth-order valence-corrected chi connectivity index (χ4v) is 5.61. The number of ether oxygens (including phenoxy) is 1. The van der Waals surface area contributed by atoms with E-state index in [4.69, 9.17) is 9.15 Å². The minimum atomic E-state index is -3.48. The van der Waals surface area contributed by atoms with Gasteiger partial charge in [-0.1, -0.05) is 18.6 Å². The predicted molar refractivity (Wildman–Crippen MR) is 126 cm³/mol. The summed E-state index contributed by atoms with van der Waals surface area (Å²) in [6.45, 7) is 2.64. The molecule has 4 rings (SSSR count). The van der Waals surface area contributed by atoms with Crippen molar-refractivity contribution in [2.24, 2.45) is 0 Å². The Bertz CT molecular complexity index is 1350. The highest BCUT2D eigenvalue weighted by Gasteiger charge is 2.25. The van der Waals surface area contributed by atoms with Crippen LogP contribution in [0.3, 0.4) is 0 Å². The summed E-state index contributed by atoms with van der Waals surface area (Å²) in [7, 11) is -3.48. The molecular weight excluding hydrogens is 458 g/mol. The summed E-state index contributed by atoms with van der Waals surface area (Å²) in [5, 5.41) is 10.4. The Hall–Kier alpha value is -3.17. The van der Waals surface area contributed by atoms with Crippen molar-refractivity contribution in [1.29, 1.82) is 0 Å². The number of phenols is 1. The molecular formula is C25H27NO7S. The van der Waals surface area contributed by atoms with Crippen LogP contribution < -0.4 is 5.63 Å². The number of hydrogen-bond donors (Lipinski definition) is 1. The molecule has 0 amide bonds. The fourth-order valence-electron chi connectivity index (χ4n) is 4.09. The first-order chi connectivity index (χ1) is 16.3. The second kappa shape index (κ2) is 9.99. The van der Waals surface area contributed by atoms with Gasteiger partial charge in [0, 0.05) is 42.1 Å². The number of carbonyl (C=O) groups excluding carboxylic acids is 1. The number of aryl methyl sites for hydroxylation is 2. The SMILES string of the molecule is Cc1c(O)ccc2c(COC(=O)CCc3ccc(S(=O)(=O)N4CCCCC4)cc3)cc(=O)oc12. The minimum absolute atomic E-state index is 0.0135. The first-order valence-corrected chi connectivity index (χ1v) is 12.7. The van der Waals surface area contributed by atoms with E-state index < -0.39 is 21.6 Å². The zero-order valence-corrected chi connectivity index (χ0v) is 19.8. The molecule has 3 aromatic rings. The number of nitrogens with zero attached hydrogens (tertiary/aromatic N) is 1. The van der Waals surface area contributed by atoms with Crippen molar-refractivity contribution in [3.63, 3.8) is 0 Å². The normalized spacial score (nSPS) is 14.9. The van der Waals surface area contributed by atoms with Crippen LogP contribution in [0.2, 0.25) is 0 Å². The van der Waals surface area contributed by atoms with E-state index in [2.05, 4.69) is 0 Å². The molecule has 9 heteroatoms. The maximum Gasteiger partial charge on any atom is 0.336 e. The lowest BCUT2D eigenvalue weighted by Crippen LogP contribution is -2.35. The Morgan fingerprint density at radius 1 is 1.09 bits per heavy atom. The molecule has 8 nitrogen and oxygen atoms in total. The van der Waals surface area contributed by atoms with Gasteiger partial charge in [-0.2, -0.15) is 4.31 Å². The number of aromatic hydroxyl groups is 1. The first kappa shape index (κ1) is 24.0. The number of carbonyl (C=O) groups is 1. The largest absolute Gasteiger partial charge is 0.508 e. The Balaban J connectivity index is 1.36. The molecule has 0 atom stereocenters. The lowest BCUT2D eigenvalue weighted by atomic mass is 10.1. The molecule has 0 unspecified atom stereocenters. The third-order valence-electron chi connectivity index (χ3n) is 6.10. The van der Waals surface area contributed by atoms with Crippen molar-refractivity contribution >= 4 is 27.0 Å². The topological polar surface area (TPSA) is 114 Å². The Labute approximate surface area is 197 Å². The fraction of sp³-hybridized carbons (Fsp3) is 0.360. The Kier molecular flexibility index (Phi) is 7.04. The minimum Gasteiger partial charge on any atom is -0.508 e. The van der Waals surface area contributed by atoms with Crippen molar-refractivity contribution in [3.05, 3.63) is 69.6 Å². The molecule has 0 radical (unpaired) electrons. The Morgan fingerprint density at radius 2 is 1.79 bits per heavy atom. The van der Waals surface area contributed by atoms with Gasteiger partial charge in [-0.25, -0.2) is 13.2 Å². The van der Waals surface area contributed by atoms with Crippen LogP contribution in [0.4, 0.5) is 0 Å². The molecule has 0 bridgehead atoms. The zero-order chi connectivity index (χ0) is 24.3. The van der Waals surface area contributed by atoms with Gasteiger partial charge in [0.1, 0.15) is 17.9 Å². The van der Waals surface area contributed by atoms with E-state index in [9.17, 15) is 23.1 Å². The number of benzene rings is 2. The van der Waals surface area contributed by atoms with Gasteiger partial charge in [0.2, 0.25) is 10.0 Å². The third kappa shape index (κ3) is 5.15. The van der Waals surface area contributed by atoms with Gasteiger partial charge in [-0.3, -0.25) is 4.79 Å². The highest BCUT2D eigenvalue weighted by atomic mass is 32.2. The number of hydrogen-bond acceptors (Lipinski definition) is 7. The van der Waals surface area contributed by atoms with Crippen molar-refractivity contribution < 1.29 is 27.5 Å². The van der Waals surface area contributed by atoms with E-state index in [1.165, 1.54) is 16.4 Å². The summed E-state index contributed by atoms with van der Waals surface area (Å²) < 4.78 is 37.6. The van der Waals surface area contributed by atoms with Crippen molar-refractivity contribution in [2.75, 3.05) is 13.1 Å². The summed E-state index contributed by atoms with van der Waals surface area (Å²) in [5.74, 6) is -0.429. The molecule has 1 aromatic heterocycles. The van der Waals surface area contributed by atoms with Crippen LogP contribution in [0.25, 0.3) is 11.0 Å². The molecule has 1 N–H and O–H groups in total. The number of esters is 1. The van der Waals surface area contributed by atoms with Crippen LogP contribution in [-0.4, -0.2) is 36.9 Å². The molecule has 1 fully saturated rings. The van der Waals surface area contributed by atoms with Gasteiger partial charge >= 0.3 is 11.6 Å². The number of fused-ring (bicyclic) bond motifs is 1. The number of rotatable bonds is 7. The lowest BCUT2D eigenvalue weighted by Gasteiger charge is -2.25. The second-order valence-electron chi connectivity index (χ2n) is 8.45. The van der Waals surface area contributed by atoms with E-state index in [1.54, 1.807) is 37.3 Å². The highest BCUT2D eigenvalue weighted by Crippen LogP contribution is 2.28. The van der Waals surface area contributed by atoms with Gasteiger partial charge in [-0.15, -0.1) is 0 Å². The van der Waals surface area contributed by atoms with E-state index >= 15 is 0 Å². The summed E-state index contributed by atoms with van der Waals surface area (Å²) in [4.78, 5) is 24.4. The lowest BCUT2D eigenvalue weighted by molar-refractivity contribution is -0.144. The molecule has 1 aliphatic rings. The van der Waals surface area contributed by atoms with Crippen LogP contribution in [0.5, 0.6) is 5.75 Å². The maximum atomic E-state index is 12.8. The average Bonchev–Trinajstić information content (AvgIpc) is 2.84. The summed E-state index contributed by atoms with van der Waals surface area (Å²) >= 11 is 0. The van der Waals surface area contributed by atoms with Gasteiger partial charge in [0.25, 0.3) is 0 Å². The van der Waals surface area contributed by atoms with Crippen molar-refractivity contribution in [1.82, 2.24) is 4.31 Å². The highest BCUT2D eigenvalue weighted by molar-refractivity contribution is 7.89. The molecule has 0 saturated carbocycles. The molecule has 34 heavy (non-hydrogen) atoms. The monoisotopic (exact) mass is 485 g/mol. The van der Waals surface area contributed by atoms with Crippen LogP contribution in [-0.2, 0) is 32.6 Å². The summed E-state index contributed by atoms with van der Waals surface area (Å²) in [6.07, 6.45) is 3.32. The van der Waals surface area contributed by atoms with Crippen molar-refractivity contribution in [2.45, 2.75) is 50.5 Å². The molecule has 2 aromatic carbocycles. The standard InChI is InChI=1S/C25H27NO7S/c1-17-22(27)11-10-21-19(15-24(29)33-25(17)21)16-32-23(28)12-7-18-5-8-20(9-6-18)34(30,31)26-13-3-2-4-14-26/h5-6,8-11,15,27H,2-4,7,12-14,16H2,1H3. The predicted octanol–water partition coefficient (Wildman–Crippen LogP) is 3.66. The quantitative estimate of drug-likeness (QED) is 0.401. The van der Waals surface area contributed by atoms with Gasteiger partial charge < -0.3 is 14.3 Å². The molecule has 180 valence electrons. The van der Waals surface area contributed by atoms with Crippen LogP contribution in [0.15, 0.2) is 56.6 Å². The first-order valence-electron chi connectivity index (χ1n) is 11.3. The van der Waals surface area contributed by atoms with Crippen molar-refractivity contribution in [3.8, 4) is 5.75 Å². The summed E-state index contributed by atoms with van der Waals surface area (Å²) in [6, 6.07) is 11.0. The number of piperidine rings is 1. The second-order valence-corrected chi connectivity index (χ2v) is 10.4. The van der Waals surface area contributed by atoms with E-state index in [0.717, 1.165) is 24.8 Å². The smallest absolute Gasteiger partial charge is 0.336 e. The van der Waals surface area contributed by atoms with Gasteiger partial charge in [0.05, 0.1) is 4.90 Å². The van der Waals surface area contributed by atoms with Crippen LogP contribution >= 0.6 is 0 Å². The molecule has 1 saturated heterocycles. The van der Waals surface area contributed by atoms with E-state index in [1.807, 2.05) is 0 Å². The number of sulfonamides is 1. The van der Waals surface area contributed by atoms with E-state index in [0.29, 0.717) is 36.0 Å². The van der Waals surface area contributed by atoms with Crippen LogP contribution in [0, 0.1) is 6.92 Å². The van der Waals surface area contributed by atoms with Gasteiger partial charge in [0.15, 0.2) is 0 Å². The molecule has 2 heterocycles. The zero-order valence-electron chi connectivity index (χ0n) is 19.0. The summed E-state index contributed by atoms with van der Waals surface area (Å²) in [5.41, 5.74) is 1.43. The van der Waals surface area contributed by atoms with Crippen LogP contribution in [0.1, 0.15) is 42.4 Å². The molecule has 0 aliphatic carbocycles. The molecule has 0 spiro atoms. The third-order valence-corrected chi connectivity index (χ3v) is 8.01. The van der Waals surface area contributed by atoms with Gasteiger partial charge in [-0.05, 0) is 56.0 Å². The maximum absolute atomic E-state index is 12.8. The number of phenolic OH excluding ortho intramolecular Hbond substituents is 1. The molecule has 1 aliphatic heterocycles.